The van der Waals surface area contributed by atoms with E-state index in [1.165, 1.54) is 32.1 Å². The molecule has 2 aromatic carbocycles. The summed E-state index contributed by atoms with van der Waals surface area (Å²) in [6, 6.07) is 12.5. The number of benzene rings is 2. The third-order valence-electron chi connectivity index (χ3n) is 15.4. The van der Waals surface area contributed by atoms with Crippen LogP contribution in [0.4, 0.5) is 4.79 Å². The van der Waals surface area contributed by atoms with E-state index in [1.54, 1.807) is 90.1 Å². The number of amides is 1. The number of hydrogen-bond acceptors (Lipinski definition) is 16. The molecule has 0 bridgehead atoms. The van der Waals surface area contributed by atoms with E-state index in [2.05, 4.69) is 6.58 Å². The van der Waals surface area contributed by atoms with Crippen LogP contribution in [-0.2, 0) is 47.5 Å². The normalized spacial score (nSPS) is 35.6. The van der Waals surface area contributed by atoms with Gasteiger partial charge < -0.3 is 57.6 Å². The Balaban J connectivity index is 1.28. The summed E-state index contributed by atoms with van der Waals surface area (Å²) in [7, 11) is 2.99. The van der Waals surface area contributed by atoms with Crippen LogP contribution in [0.15, 0.2) is 72.3 Å². The summed E-state index contributed by atoms with van der Waals surface area (Å²) >= 11 is 0. The van der Waals surface area contributed by atoms with E-state index in [-0.39, 0.29) is 42.9 Å². The van der Waals surface area contributed by atoms with E-state index in [9.17, 15) is 24.6 Å². The summed E-state index contributed by atoms with van der Waals surface area (Å²) in [5.74, 6) is -2.51. The van der Waals surface area contributed by atoms with Gasteiger partial charge in [0, 0.05) is 36.8 Å². The number of carbonyl (C=O) groups is 4. The summed E-state index contributed by atoms with van der Waals surface area (Å²) in [5, 5.41) is 26.2. The highest BCUT2D eigenvalue weighted by molar-refractivity contribution is 5.89. The maximum Gasteiger partial charge on any atom is 0.413 e. The fourth-order valence-electron chi connectivity index (χ4n) is 12.5. The lowest BCUT2D eigenvalue weighted by Gasteiger charge is -2.67. The molecule has 2 aromatic rings. The first kappa shape index (κ1) is 51.3. The van der Waals surface area contributed by atoms with E-state index in [0.29, 0.717) is 22.6 Å². The van der Waals surface area contributed by atoms with Crippen LogP contribution in [0.3, 0.4) is 0 Å². The van der Waals surface area contributed by atoms with E-state index in [4.69, 9.17) is 47.4 Å². The predicted molar refractivity (Wildman–Crippen MR) is 250 cm³/mol. The number of fused-ring (bicyclic) bond motifs is 3. The van der Waals surface area contributed by atoms with Gasteiger partial charge in [0.25, 0.3) is 0 Å². The molecule has 3 heterocycles. The predicted octanol–water partition coefficient (Wildman–Crippen LogP) is 6.77. The van der Waals surface area contributed by atoms with Gasteiger partial charge in [-0.05, 0) is 95.4 Å². The van der Waals surface area contributed by atoms with E-state index >= 15 is 4.79 Å². The zero-order chi connectivity index (χ0) is 51.0. The maximum atomic E-state index is 15.3. The molecule has 6 aliphatic rings. The molecule has 17 heteroatoms. The molecule has 3 aliphatic carbocycles. The van der Waals surface area contributed by atoms with Crippen molar-refractivity contribution in [2.24, 2.45) is 22.7 Å². The van der Waals surface area contributed by atoms with Gasteiger partial charge in [-0.3, -0.25) is 9.69 Å². The maximum absolute atomic E-state index is 15.3. The van der Waals surface area contributed by atoms with Gasteiger partial charge in [0.15, 0.2) is 24.2 Å². The highest BCUT2D eigenvalue weighted by atomic mass is 16.7. The Morgan fingerprint density at radius 1 is 0.971 bits per heavy atom. The van der Waals surface area contributed by atoms with Gasteiger partial charge in [0.05, 0.1) is 61.6 Å². The van der Waals surface area contributed by atoms with Gasteiger partial charge in [-0.15, -0.1) is 0 Å². The molecule has 8 rings (SSSR count). The topological polar surface area (TPSA) is 204 Å². The van der Waals surface area contributed by atoms with Crippen LogP contribution in [0.5, 0.6) is 11.5 Å². The van der Waals surface area contributed by atoms with Crippen molar-refractivity contribution < 1.29 is 76.8 Å². The van der Waals surface area contributed by atoms with Crippen LogP contribution in [0.2, 0.25) is 0 Å². The number of esters is 3. The Hall–Kier alpha value is -5.04. The molecule has 2 saturated carbocycles. The first-order valence-electron chi connectivity index (χ1n) is 24.1. The van der Waals surface area contributed by atoms with E-state index in [0.717, 1.165) is 0 Å². The average Bonchev–Trinajstić information content (AvgIpc) is 3.78. The van der Waals surface area contributed by atoms with Crippen LogP contribution in [0.1, 0.15) is 111 Å². The van der Waals surface area contributed by atoms with Crippen LogP contribution in [-0.4, -0.2) is 132 Å². The van der Waals surface area contributed by atoms with Crippen molar-refractivity contribution in [3.05, 3.63) is 83.5 Å². The summed E-state index contributed by atoms with van der Waals surface area (Å²) in [4.78, 5) is 59.1. The van der Waals surface area contributed by atoms with Crippen LogP contribution in [0, 0.1) is 22.7 Å². The minimum atomic E-state index is -1.88. The lowest BCUT2D eigenvalue weighted by Crippen LogP contribution is -2.80. The molecule has 0 aromatic heterocycles. The standard InChI is InChI=1S/C53H69NO16/c1-14-38-65-36-24-37-53(26-63-37,69-29(5)55)42-44(68-46(57)30-18-16-15-17-19-30)52(50(9,10)60)25-35(28(4)39(52)40(56)43(66-38)51(36,42)11)64-47(58)41-33(22-27(2)3)54(48(59)70-49(6,7)8)45(67-41)32-21-20-31(61-12)23-34(32)62-13/h14-21,23,27,33,35-38,40-45,56,60H,1,22,24-26H2,2-13H3/t33-,35-,36-,37+,38?,40-,41+,42-,43-,44-,45?,51+,52-,53-/m0/s1. The number of rotatable bonds is 12. The number of hydrogen-bond donors (Lipinski definition) is 2. The Morgan fingerprint density at radius 2 is 1.67 bits per heavy atom. The van der Waals surface area contributed by atoms with Crippen molar-refractivity contribution in [3.63, 3.8) is 0 Å². The Labute approximate surface area is 409 Å². The number of methoxy groups -OCH3 is 2. The second-order valence-electron chi connectivity index (χ2n) is 21.7. The molecule has 1 amide bonds. The molecule has 2 N–H and O–H groups in total. The average molecular weight is 976 g/mol. The van der Waals surface area contributed by atoms with Crippen molar-refractivity contribution >= 4 is 24.0 Å². The number of aliphatic hydroxyl groups excluding tert-OH is 1. The number of ether oxygens (including phenoxy) is 10. The molecule has 17 nitrogen and oxygen atoms in total. The molecule has 70 heavy (non-hydrogen) atoms. The fourth-order valence-corrected chi connectivity index (χ4v) is 12.5. The molecular formula is C53H69NO16. The van der Waals surface area contributed by atoms with Crippen LogP contribution in [0.25, 0.3) is 0 Å². The number of carbonyl (C=O) groups excluding carboxylic acids is 4. The van der Waals surface area contributed by atoms with Crippen LogP contribution < -0.4 is 9.47 Å². The summed E-state index contributed by atoms with van der Waals surface area (Å²) in [6.07, 6.45) is -9.32. The number of nitrogens with zero attached hydrogens (tertiary/aromatic N) is 1. The Kier molecular flexibility index (Phi) is 13.6. The smallest absolute Gasteiger partial charge is 0.413 e. The van der Waals surface area contributed by atoms with Gasteiger partial charge in [-0.25, -0.2) is 14.4 Å². The van der Waals surface area contributed by atoms with Crippen LogP contribution >= 0.6 is 0 Å². The van der Waals surface area contributed by atoms with Crippen molar-refractivity contribution in [3.8, 4) is 11.5 Å². The molecular weight excluding hydrogens is 907 g/mol. The van der Waals surface area contributed by atoms with Gasteiger partial charge in [-0.2, -0.15) is 0 Å². The van der Waals surface area contributed by atoms with Crippen molar-refractivity contribution in [2.75, 3.05) is 20.8 Å². The van der Waals surface area contributed by atoms with Crippen molar-refractivity contribution in [2.45, 2.75) is 167 Å². The van der Waals surface area contributed by atoms with E-state index in [1.807, 2.05) is 20.8 Å². The summed E-state index contributed by atoms with van der Waals surface area (Å²) < 4.78 is 63.2. The molecule has 3 saturated heterocycles. The Bertz CT molecular complexity index is 2390. The minimum Gasteiger partial charge on any atom is -0.497 e. The molecule has 14 atom stereocenters. The first-order chi connectivity index (χ1) is 32.9. The lowest BCUT2D eigenvalue weighted by atomic mass is 9.49. The number of aliphatic hydroxyl groups is 2. The third-order valence-corrected chi connectivity index (χ3v) is 15.4. The molecule has 0 spiro atoms. The highest BCUT2D eigenvalue weighted by Gasteiger charge is 2.80. The van der Waals surface area contributed by atoms with Crippen molar-refractivity contribution in [1.29, 1.82) is 0 Å². The zero-order valence-electron chi connectivity index (χ0n) is 42.2. The SMILES string of the molecule is C=CC1O[C@H]2C[C@H]3OC[C@@]3(OC(C)=O)[C@H]3[C@H](OC(=O)c4ccccc4)[C@]4(C(C)(C)O)C[C@H](OC(=O)[C@@H]5OC(c6ccc(OC)cc6OC)N(C(=O)OC(C)(C)C)[C@H]5CC(C)C)C(C)=C4[C@H](O)[C@H](O1)[C@]23C. The molecule has 0 radical (unpaired) electrons. The molecule has 2 unspecified atom stereocenters. The highest BCUT2D eigenvalue weighted by Crippen LogP contribution is 2.69. The largest absolute Gasteiger partial charge is 0.497 e. The molecule has 3 aliphatic heterocycles. The molecule has 382 valence electrons. The monoisotopic (exact) mass is 975 g/mol. The second-order valence-corrected chi connectivity index (χ2v) is 21.7. The van der Waals surface area contributed by atoms with Gasteiger partial charge in [0.1, 0.15) is 41.5 Å². The Morgan fingerprint density at radius 3 is 2.24 bits per heavy atom. The van der Waals surface area contributed by atoms with Gasteiger partial charge in [0.2, 0.25) is 0 Å². The fraction of sp³-hybridized carbons (Fsp3) is 0.623. The van der Waals surface area contributed by atoms with E-state index < -0.39 is 119 Å². The third kappa shape index (κ3) is 8.37. The first-order valence-corrected chi connectivity index (χ1v) is 24.1. The lowest BCUT2D eigenvalue weighted by molar-refractivity contribution is -0.392. The zero-order valence-corrected chi connectivity index (χ0v) is 42.2. The summed E-state index contributed by atoms with van der Waals surface area (Å²) in [5.41, 5.74) is -6.12. The quantitative estimate of drug-likeness (QED) is 0.128. The second kappa shape index (κ2) is 18.5. The summed E-state index contributed by atoms with van der Waals surface area (Å²) in [6.45, 7) is 21.0. The molecule has 5 fully saturated rings. The minimum absolute atomic E-state index is 0.0580. The van der Waals surface area contributed by atoms with Crippen molar-refractivity contribution in [1.82, 2.24) is 4.90 Å². The van der Waals surface area contributed by atoms with Gasteiger partial charge in [-0.1, -0.05) is 45.5 Å². The van der Waals surface area contributed by atoms with Gasteiger partial charge >= 0.3 is 24.0 Å².